The van der Waals surface area contributed by atoms with Crippen molar-refractivity contribution in [1.82, 2.24) is 20.1 Å². The standard InChI is InChI=1S/C21H26N4O2/c26-20(17-14-21(17)8-12-27-13-9-21)25-10-6-16(7-11-25)19-22-18(23-24-19)15-4-2-1-3-5-15/h1-5,16-17H,6-14H2,(H,22,23,24). The Bertz CT molecular complexity index is 805. The van der Waals surface area contributed by atoms with Crippen molar-refractivity contribution in [2.24, 2.45) is 11.3 Å². The topological polar surface area (TPSA) is 71.1 Å². The number of aromatic nitrogens is 3. The summed E-state index contributed by atoms with van der Waals surface area (Å²) in [6.45, 7) is 3.30. The van der Waals surface area contributed by atoms with Gasteiger partial charge in [0.2, 0.25) is 5.91 Å². The molecule has 1 amide bonds. The Morgan fingerprint density at radius 3 is 2.63 bits per heavy atom. The van der Waals surface area contributed by atoms with Crippen LogP contribution in [0.5, 0.6) is 0 Å². The summed E-state index contributed by atoms with van der Waals surface area (Å²) in [4.78, 5) is 19.7. The Kier molecular flexibility index (Phi) is 4.23. The Hall–Kier alpha value is -2.21. The third kappa shape index (κ3) is 3.16. The zero-order chi connectivity index (χ0) is 18.3. The molecule has 5 rings (SSSR count). The average molecular weight is 366 g/mol. The van der Waals surface area contributed by atoms with E-state index in [0.717, 1.165) is 75.6 Å². The molecule has 1 N–H and O–H groups in total. The maximum absolute atomic E-state index is 12.9. The number of likely N-dealkylation sites (tertiary alicyclic amines) is 1. The van der Waals surface area contributed by atoms with Gasteiger partial charge in [-0.05, 0) is 37.5 Å². The fraction of sp³-hybridized carbons (Fsp3) is 0.571. The van der Waals surface area contributed by atoms with E-state index >= 15 is 0 Å². The fourth-order valence-corrected chi connectivity index (χ4v) is 4.79. The predicted molar refractivity (Wildman–Crippen MR) is 101 cm³/mol. The molecule has 6 heteroatoms. The molecule has 0 radical (unpaired) electrons. The summed E-state index contributed by atoms with van der Waals surface area (Å²) >= 11 is 0. The average Bonchev–Trinajstić information content (AvgIpc) is 3.19. The SMILES string of the molecule is O=C(C1CC12CCOCC2)N1CCC(c2nc(-c3ccccc3)n[nH]2)CC1. The lowest BCUT2D eigenvalue weighted by molar-refractivity contribution is -0.135. The number of ether oxygens (including phenoxy) is 1. The van der Waals surface area contributed by atoms with Crippen LogP contribution in [0.25, 0.3) is 11.4 Å². The second-order valence-electron chi connectivity index (χ2n) is 8.24. The van der Waals surface area contributed by atoms with Crippen LogP contribution in [-0.2, 0) is 9.53 Å². The third-order valence-electron chi connectivity index (χ3n) is 6.70. The van der Waals surface area contributed by atoms with Gasteiger partial charge >= 0.3 is 0 Å². The zero-order valence-electron chi connectivity index (χ0n) is 15.6. The highest BCUT2D eigenvalue weighted by Crippen LogP contribution is 2.59. The van der Waals surface area contributed by atoms with Crippen LogP contribution in [0.3, 0.4) is 0 Å². The highest BCUT2D eigenvalue weighted by atomic mass is 16.5. The molecule has 6 nitrogen and oxygen atoms in total. The molecule has 3 fully saturated rings. The lowest BCUT2D eigenvalue weighted by atomic mass is 9.92. The Labute approximate surface area is 159 Å². The maximum atomic E-state index is 12.9. The summed E-state index contributed by atoms with van der Waals surface area (Å²) in [6.07, 6.45) is 5.09. The van der Waals surface area contributed by atoms with E-state index in [2.05, 4.69) is 15.1 Å². The van der Waals surface area contributed by atoms with Gasteiger partial charge in [-0.3, -0.25) is 9.89 Å². The summed E-state index contributed by atoms with van der Waals surface area (Å²) < 4.78 is 5.47. The fourth-order valence-electron chi connectivity index (χ4n) is 4.79. The van der Waals surface area contributed by atoms with Gasteiger partial charge in [-0.2, -0.15) is 5.10 Å². The zero-order valence-corrected chi connectivity index (χ0v) is 15.6. The molecular formula is C21H26N4O2. The van der Waals surface area contributed by atoms with E-state index in [4.69, 9.17) is 9.72 Å². The lowest BCUT2D eigenvalue weighted by Gasteiger charge is -2.32. The molecule has 27 heavy (non-hydrogen) atoms. The number of carbonyl (C=O) groups excluding carboxylic acids is 1. The van der Waals surface area contributed by atoms with Crippen LogP contribution in [0.4, 0.5) is 0 Å². The van der Waals surface area contributed by atoms with E-state index in [1.807, 2.05) is 30.3 Å². The number of benzene rings is 1. The number of aromatic amines is 1. The van der Waals surface area contributed by atoms with Crippen molar-refractivity contribution in [1.29, 1.82) is 0 Å². The Morgan fingerprint density at radius 1 is 1.15 bits per heavy atom. The molecule has 2 aliphatic heterocycles. The minimum Gasteiger partial charge on any atom is -0.381 e. The van der Waals surface area contributed by atoms with E-state index in [9.17, 15) is 4.79 Å². The van der Waals surface area contributed by atoms with Crippen LogP contribution in [0.1, 0.15) is 43.8 Å². The van der Waals surface area contributed by atoms with Crippen molar-refractivity contribution >= 4 is 5.91 Å². The van der Waals surface area contributed by atoms with Gasteiger partial charge in [-0.15, -0.1) is 0 Å². The second kappa shape index (κ2) is 6.75. The molecule has 1 atom stereocenters. The van der Waals surface area contributed by atoms with E-state index in [0.29, 0.717) is 11.8 Å². The third-order valence-corrected chi connectivity index (χ3v) is 6.70. The van der Waals surface area contributed by atoms with Crippen LogP contribution < -0.4 is 0 Å². The molecule has 142 valence electrons. The van der Waals surface area contributed by atoms with E-state index in [1.54, 1.807) is 0 Å². The molecule has 1 unspecified atom stereocenters. The van der Waals surface area contributed by atoms with Crippen molar-refractivity contribution < 1.29 is 9.53 Å². The quantitative estimate of drug-likeness (QED) is 0.906. The number of nitrogens with zero attached hydrogens (tertiary/aromatic N) is 3. The highest BCUT2D eigenvalue weighted by molar-refractivity contribution is 5.82. The minimum absolute atomic E-state index is 0.243. The van der Waals surface area contributed by atoms with Crippen molar-refractivity contribution in [3.63, 3.8) is 0 Å². The number of rotatable bonds is 3. The number of nitrogens with one attached hydrogen (secondary N) is 1. The van der Waals surface area contributed by atoms with Gasteiger partial charge in [0.25, 0.3) is 0 Å². The Balaban J connectivity index is 1.19. The molecule has 0 bridgehead atoms. The first-order chi connectivity index (χ1) is 13.3. The maximum Gasteiger partial charge on any atom is 0.226 e. The van der Waals surface area contributed by atoms with Crippen molar-refractivity contribution in [3.8, 4) is 11.4 Å². The predicted octanol–water partition coefficient (Wildman–Crippen LogP) is 2.99. The second-order valence-corrected chi connectivity index (χ2v) is 8.24. The molecule has 3 aliphatic rings. The molecular weight excluding hydrogens is 340 g/mol. The van der Waals surface area contributed by atoms with Crippen molar-refractivity contribution in [2.45, 2.75) is 38.0 Å². The molecule has 1 aromatic carbocycles. The number of H-pyrrole nitrogens is 1. The van der Waals surface area contributed by atoms with Gasteiger partial charge in [0, 0.05) is 43.7 Å². The monoisotopic (exact) mass is 366 g/mol. The van der Waals surface area contributed by atoms with Gasteiger partial charge in [-0.25, -0.2) is 4.98 Å². The first kappa shape index (κ1) is 16.9. The number of hydrogen-bond donors (Lipinski definition) is 1. The normalized spacial score (nSPS) is 24.9. The van der Waals surface area contributed by atoms with Crippen LogP contribution in [0, 0.1) is 11.3 Å². The molecule has 1 aromatic heterocycles. The van der Waals surface area contributed by atoms with Gasteiger partial charge in [0.1, 0.15) is 5.82 Å². The smallest absolute Gasteiger partial charge is 0.226 e. The summed E-state index contributed by atoms with van der Waals surface area (Å²) in [5.74, 6) is 2.68. The van der Waals surface area contributed by atoms with Crippen molar-refractivity contribution in [3.05, 3.63) is 36.2 Å². The molecule has 2 saturated heterocycles. The lowest BCUT2D eigenvalue weighted by Crippen LogP contribution is -2.40. The molecule has 3 heterocycles. The summed E-state index contributed by atoms with van der Waals surface area (Å²) in [7, 11) is 0. The van der Waals surface area contributed by atoms with Gasteiger partial charge in [0.15, 0.2) is 5.82 Å². The van der Waals surface area contributed by atoms with E-state index in [1.165, 1.54) is 0 Å². The minimum atomic E-state index is 0.243. The van der Waals surface area contributed by atoms with Gasteiger partial charge in [-0.1, -0.05) is 30.3 Å². The van der Waals surface area contributed by atoms with E-state index < -0.39 is 0 Å². The summed E-state index contributed by atoms with van der Waals surface area (Å²) in [5, 5.41) is 7.50. The molecule has 1 aliphatic carbocycles. The van der Waals surface area contributed by atoms with Crippen LogP contribution in [0.15, 0.2) is 30.3 Å². The van der Waals surface area contributed by atoms with Crippen LogP contribution in [0.2, 0.25) is 0 Å². The van der Waals surface area contributed by atoms with Crippen molar-refractivity contribution in [2.75, 3.05) is 26.3 Å². The largest absolute Gasteiger partial charge is 0.381 e. The van der Waals surface area contributed by atoms with Gasteiger partial charge < -0.3 is 9.64 Å². The van der Waals surface area contributed by atoms with Gasteiger partial charge in [0.05, 0.1) is 0 Å². The first-order valence-electron chi connectivity index (χ1n) is 10.1. The number of hydrogen-bond acceptors (Lipinski definition) is 4. The number of carbonyl (C=O) groups is 1. The van der Waals surface area contributed by atoms with Crippen LogP contribution >= 0.6 is 0 Å². The van der Waals surface area contributed by atoms with Crippen LogP contribution in [-0.4, -0.2) is 52.3 Å². The Morgan fingerprint density at radius 2 is 1.89 bits per heavy atom. The van der Waals surface area contributed by atoms with E-state index in [-0.39, 0.29) is 11.3 Å². The number of amides is 1. The highest BCUT2D eigenvalue weighted by Gasteiger charge is 2.59. The molecule has 1 spiro atoms. The molecule has 2 aromatic rings. The number of piperidine rings is 1. The summed E-state index contributed by atoms with van der Waals surface area (Å²) in [6, 6.07) is 10.0. The summed E-state index contributed by atoms with van der Waals surface area (Å²) in [5.41, 5.74) is 1.30. The molecule has 1 saturated carbocycles. The first-order valence-corrected chi connectivity index (χ1v) is 10.1.